The van der Waals surface area contributed by atoms with Gasteiger partial charge in [0, 0.05) is 29.9 Å². The Morgan fingerprint density at radius 3 is 2.35 bits per heavy atom. The van der Waals surface area contributed by atoms with Gasteiger partial charge in [0.15, 0.2) is 5.82 Å². The van der Waals surface area contributed by atoms with Crippen LogP contribution in [0, 0.1) is 5.41 Å². The minimum atomic E-state index is -0.264. The molecule has 0 fully saturated rings. The standard InChI is InChI=1S/C15H26ClN3O/c1-14(2,3)11(7-8-16)18-12-13(20)19(10-9-17-12)15(4,5)6/h9-11H,7-8H2,1-6H3,(H,17,18). The molecule has 4 nitrogen and oxygen atoms in total. The van der Waals surface area contributed by atoms with Gasteiger partial charge in [-0.25, -0.2) is 4.98 Å². The molecule has 0 aliphatic carbocycles. The first-order chi connectivity index (χ1) is 9.07. The molecule has 1 rings (SSSR count). The molecule has 0 bridgehead atoms. The van der Waals surface area contributed by atoms with Gasteiger partial charge in [-0.2, -0.15) is 0 Å². The molecule has 0 aromatic carbocycles. The van der Waals surface area contributed by atoms with Crippen LogP contribution in [0.4, 0.5) is 5.82 Å². The van der Waals surface area contributed by atoms with Gasteiger partial charge in [-0.3, -0.25) is 4.79 Å². The fourth-order valence-corrected chi connectivity index (χ4v) is 2.25. The number of hydrogen-bond acceptors (Lipinski definition) is 3. The van der Waals surface area contributed by atoms with E-state index in [1.807, 2.05) is 20.8 Å². The van der Waals surface area contributed by atoms with Gasteiger partial charge in [0.2, 0.25) is 0 Å². The Morgan fingerprint density at radius 2 is 1.90 bits per heavy atom. The van der Waals surface area contributed by atoms with Crippen molar-refractivity contribution in [3.05, 3.63) is 22.7 Å². The second-order valence-corrected chi connectivity index (χ2v) is 7.54. The molecule has 0 radical (unpaired) electrons. The van der Waals surface area contributed by atoms with Crippen molar-refractivity contribution in [1.29, 1.82) is 0 Å². The Morgan fingerprint density at radius 1 is 1.30 bits per heavy atom. The first-order valence-electron chi connectivity index (χ1n) is 6.98. The Hall–Kier alpha value is -1.03. The molecule has 0 aliphatic heterocycles. The van der Waals surface area contributed by atoms with Crippen molar-refractivity contribution in [3.63, 3.8) is 0 Å². The molecule has 1 aromatic heterocycles. The van der Waals surface area contributed by atoms with Crippen LogP contribution < -0.4 is 10.9 Å². The van der Waals surface area contributed by atoms with Crippen LogP contribution in [0.25, 0.3) is 0 Å². The van der Waals surface area contributed by atoms with E-state index in [9.17, 15) is 4.79 Å². The molecule has 114 valence electrons. The van der Waals surface area contributed by atoms with Crippen molar-refractivity contribution in [1.82, 2.24) is 9.55 Å². The second-order valence-electron chi connectivity index (χ2n) is 7.16. The summed E-state index contributed by atoms with van der Waals surface area (Å²) < 4.78 is 1.70. The molecule has 0 spiro atoms. The third-order valence-electron chi connectivity index (χ3n) is 3.32. The number of halogens is 1. The molecule has 5 heteroatoms. The summed E-state index contributed by atoms with van der Waals surface area (Å²) in [6.07, 6.45) is 4.17. The predicted molar refractivity (Wildman–Crippen MR) is 85.7 cm³/mol. The van der Waals surface area contributed by atoms with Gasteiger partial charge in [0.05, 0.1) is 0 Å². The molecule has 20 heavy (non-hydrogen) atoms. The topological polar surface area (TPSA) is 46.9 Å². The summed E-state index contributed by atoms with van der Waals surface area (Å²) in [5.74, 6) is 0.947. The lowest BCUT2D eigenvalue weighted by atomic mass is 9.85. The summed E-state index contributed by atoms with van der Waals surface area (Å²) in [6, 6.07) is 0.107. The van der Waals surface area contributed by atoms with Crippen LogP contribution in [-0.2, 0) is 5.54 Å². The van der Waals surface area contributed by atoms with Gasteiger partial charge in [0.25, 0.3) is 5.56 Å². The third-order valence-corrected chi connectivity index (χ3v) is 3.54. The zero-order chi connectivity index (χ0) is 15.6. The van der Waals surface area contributed by atoms with Crippen molar-refractivity contribution in [2.24, 2.45) is 5.41 Å². The predicted octanol–water partition coefficient (Wildman–Crippen LogP) is 3.45. The summed E-state index contributed by atoms with van der Waals surface area (Å²) in [5, 5.41) is 3.27. The highest BCUT2D eigenvalue weighted by molar-refractivity contribution is 6.17. The van der Waals surface area contributed by atoms with E-state index in [0.717, 1.165) is 6.42 Å². The van der Waals surface area contributed by atoms with Crippen LogP contribution in [-0.4, -0.2) is 21.5 Å². The van der Waals surface area contributed by atoms with Gasteiger partial charge >= 0.3 is 0 Å². The fraction of sp³-hybridized carbons (Fsp3) is 0.733. The van der Waals surface area contributed by atoms with Crippen LogP contribution in [0.15, 0.2) is 17.2 Å². The maximum Gasteiger partial charge on any atom is 0.293 e. The fourth-order valence-electron chi connectivity index (χ4n) is 2.03. The van der Waals surface area contributed by atoms with E-state index < -0.39 is 0 Å². The van der Waals surface area contributed by atoms with Crippen molar-refractivity contribution in [3.8, 4) is 0 Å². The Labute approximate surface area is 126 Å². The molecular formula is C15H26ClN3O. The summed E-state index contributed by atoms with van der Waals surface area (Å²) in [7, 11) is 0. The summed E-state index contributed by atoms with van der Waals surface area (Å²) >= 11 is 5.87. The second kappa shape index (κ2) is 6.17. The molecule has 0 saturated carbocycles. The van der Waals surface area contributed by atoms with Crippen LogP contribution in [0.5, 0.6) is 0 Å². The van der Waals surface area contributed by atoms with Gasteiger partial charge in [-0.15, -0.1) is 11.6 Å². The SMILES string of the molecule is CC(C)(C)C(CCCl)Nc1nccn(C(C)(C)C)c1=O. The smallest absolute Gasteiger partial charge is 0.293 e. The maximum absolute atomic E-state index is 12.5. The van der Waals surface area contributed by atoms with Gasteiger partial charge in [0.1, 0.15) is 0 Å². The average molecular weight is 300 g/mol. The van der Waals surface area contributed by atoms with E-state index in [1.165, 1.54) is 0 Å². The largest absolute Gasteiger partial charge is 0.362 e. The lowest BCUT2D eigenvalue weighted by Crippen LogP contribution is -2.40. The molecule has 0 saturated heterocycles. The molecule has 1 unspecified atom stereocenters. The Balaban J connectivity index is 3.12. The zero-order valence-electron chi connectivity index (χ0n) is 13.3. The summed E-state index contributed by atoms with van der Waals surface area (Å²) in [4.78, 5) is 16.7. The van der Waals surface area contributed by atoms with E-state index in [4.69, 9.17) is 11.6 Å². The zero-order valence-corrected chi connectivity index (χ0v) is 14.1. The van der Waals surface area contributed by atoms with E-state index in [1.54, 1.807) is 17.0 Å². The lowest BCUT2D eigenvalue weighted by molar-refractivity contribution is 0.332. The van der Waals surface area contributed by atoms with Crippen molar-refractivity contribution < 1.29 is 0 Å². The highest BCUT2D eigenvalue weighted by atomic mass is 35.5. The van der Waals surface area contributed by atoms with Gasteiger partial charge < -0.3 is 9.88 Å². The quantitative estimate of drug-likeness (QED) is 0.866. The monoisotopic (exact) mass is 299 g/mol. The van der Waals surface area contributed by atoms with Crippen molar-refractivity contribution >= 4 is 17.4 Å². The first kappa shape index (κ1) is 17.0. The lowest BCUT2D eigenvalue weighted by Gasteiger charge is -2.32. The number of nitrogens with one attached hydrogen (secondary N) is 1. The molecule has 0 aliphatic rings. The van der Waals surface area contributed by atoms with Crippen molar-refractivity contribution in [2.75, 3.05) is 11.2 Å². The number of anilines is 1. The number of nitrogens with zero attached hydrogens (tertiary/aromatic N) is 2. The average Bonchev–Trinajstić information content (AvgIpc) is 2.28. The molecular weight excluding hydrogens is 274 g/mol. The number of rotatable bonds is 4. The van der Waals surface area contributed by atoms with Crippen molar-refractivity contribution in [2.45, 2.75) is 59.5 Å². The van der Waals surface area contributed by atoms with Crippen LogP contribution in [0.3, 0.4) is 0 Å². The van der Waals surface area contributed by atoms with E-state index >= 15 is 0 Å². The summed E-state index contributed by atoms with van der Waals surface area (Å²) in [6.45, 7) is 12.4. The third kappa shape index (κ3) is 4.23. The van der Waals surface area contributed by atoms with Crippen LogP contribution in [0.2, 0.25) is 0 Å². The van der Waals surface area contributed by atoms with E-state index in [0.29, 0.717) is 11.7 Å². The normalized spacial score (nSPS) is 14.2. The van der Waals surface area contributed by atoms with E-state index in [2.05, 4.69) is 31.1 Å². The molecule has 0 amide bonds. The Kier molecular flexibility index (Phi) is 5.25. The molecule has 1 aromatic rings. The van der Waals surface area contributed by atoms with Gasteiger partial charge in [-0.05, 0) is 32.6 Å². The van der Waals surface area contributed by atoms with Crippen LogP contribution >= 0.6 is 11.6 Å². The van der Waals surface area contributed by atoms with Gasteiger partial charge in [-0.1, -0.05) is 20.8 Å². The van der Waals surface area contributed by atoms with Crippen LogP contribution in [0.1, 0.15) is 48.0 Å². The first-order valence-corrected chi connectivity index (χ1v) is 7.51. The molecule has 1 heterocycles. The summed E-state index contributed by atoms with van der Waals surface area (Å²) in [5.41, 5.74) is -0.352. The number of alkyl halides is 1. The van der Waals surface area contributed by atoms with E-state index in [-0.39, 0.29) is 22.6 Å². The highest BCUT2D eigenvalue weighted by Crippen LogP contribution is 2.24. The number of hydrogen-bond donors (Lipinski definition) is 1. The molecule has 1 N–H and O–H groups in total. The maximum atomic E-state index is 12.5. The number of aromatic nitrogens is 2. The highest BCUT2D eigenvalue weighted by Gasteiger charge is 2.26. The minimum absolute atomic E-state index is 0.00537. The minimum Gasteiger partial charge on any atom is -0.362 e. The molecule has 1 atom stereocenters. The Bertz CT molecular complexity index is 497.